The van der Waals surface area contributed by atoms with Crippen molar-refractivity contribution in [3.63, 3.8) is 0 Å². The Balaban J connectivity index is 2.45. The molecular formula is C13H13N3O2. The van der Waals surface area contributed by atoms with E-state index in [1.165, 1.54) is 12.1 Å². The van der Waals surface area contributed by atoms with E-state index in [1.54, 1.807) is 31.5 Å². The summed E-state index contributed by atoms with van der Waals surface area (Å²) in [5.41, 5.74) is 0.639. The highest BCUT2D eigenvalue weighted by atomic mass is 16.5. The largest absolute Gasteiger partial charge is 0.507 e. The number of rotatable bonds is 4. The monoisotopic (exact) mass is 243 g/mol. The molecule has 0 bridgehead atoms. The lowest BCUT2D eigenvalue weighted by Crippen LogP contribution is -1.93. The van der Waals surface area contributed by atoms with Gasteiger partial charge in [0.05, 0.1) is 12.6 Å². The highest BCUT2D eigenvalue weighted by Crippen LogP contribution is 2.28. The first-order valence-electron chi connectivity index (χ1n) is 5.34. The summed E-state index contributed by atoms with van der Waals surface area (Å²) in [7, 11) is 1.58. The molecule has 0 unspecified atom stereocenters. The van der Waals surface area contributed by atoms with Crippen molar-refractivity contribution < 1.29 is 9.84 Å². The SMILES string of the molecule is COc1ccc2c(O)cc(N/C=C\C=N)nc2c1. The van der Waals surface area contributed by atoms with Gasteiger partial charge in [0.2, 0.25) is 0 Å². The summed E-state index contributed by atoms with van der Waals surface area (Å²) in [4.78, 5) is 4.34. The Morgan fingerprint density at radius 3 is 2.94 bits per heavy atom. The third kappa shape index (κ3) is 2.40. The standard InChI is InChI=1S/C13H13N3O2/c1-18-9-3-4-10-11(7-9)16-13(8-12(10)17)15-6-2-5-14/h2-8,14H,1H3,(H2,15,16,17)/b6-2-,14-5?. The number of nitrogens with zero attached hydrogens (tertiary/aromatic N) is 1. The van der Waals surface area contributed by atoms with Gasteiger partial charge in [-0.05, 0) is 18.2 Å². The van der Waals surface area contributed by atoms with Gasteiger partial charge in [-0.1, -0.05) is 0 Å². The van der Waals surface area contributed by atoms with Crippen molar-refractivity contribution >= 4 is 22.9 Å². The minimum atomic E-state index is 0.147. The van der Waals surface area contributed by atoms with Crippen LogP contribution in [0.5, 0.6) is 11.5 Å². The number of hydrogen-bond acceptors (Lipinski definition) is 5. The maximum atomic E-state index is 9.88. The number of ether oxygens (including phenoxy) is 1. The van der Waals surface area contributed by atoms with E-state index in [-0.39, 0.29) is 5.75 Å². The van der Waals surface area contributed by atoms with E-state index in [1.807, 2.05) is 0 Å². The van der Waals surface area contributed by atoms with Gasteiger partial charge in [-0.15, -0.1) is 0 Å². The average Bonchev–Trinajstić information content (AvgIpc) is 2.38. The van der Waals surface area contributed by atoms with Crippen molar-refractivity contribution in [2.24, 2.45) is 0 Å². The molecule has 0 saturated heterocycles. The average molecular weight is 243 g/mol. The predicted molar refractivity (Wildman–Crippen MR) is 71.5 cm³/mol. The number of aromatic hydroxyl groups is 1. The number of pyridine rings is 1. The van der Waals surface area contributed by atoms with Crippen molar-refractivity contribution in [1.29, 1.82) is 5.41 Å². The van der Waals surface area contributed by atoms with Gasteiger partial charge in [0.1, 0.15) is 17.3 Å². The van der Waals surface area contributed by atoms with Crippen molar-refractivity contribution in [3.05, 3.63) is 36.5 Å². The van der Waals surface area contributed by atoms with E-state index in [4.69, 9.17) is 10.1 Å². The summed E-state index contributed by atoms with van der Waals surface area (Å²) in [6.07, 6.45) is 4.24. The van der Waals surface area contributed by atoms with E-state index in [0.29, 0.717) is 22.5 Å². The molecule has 0 amide bonds. The third-order valence-corrected chi connectivity index (χ3v) is 2.42. The third-order valence-electron chi connectivity index (χ3n) is 2.42. The lowest BCUT2D eigenvalue weighted by atomic mass is 10.2. The number of hydrogen-bond donors (Lipinski definition) is 3. The molecule has 92 valence electrons. The number of aromatic nitrogens is 1. The maximum Gasteiger partial charge on any atom is 0.134 e. The predicted octanol–water partition coefficient (Wildman–Crippen LogP) is 2.52. The Bertz CT molecular complexity index is 608. The Morgan fingerprint density at radius 2 is 2.22 bits per heavy atom. The van der Waals surface area contributed by atoms with E-state index in [0.717, 1.165) is 6.21 Å². The molecule has 1 heterocycles. The van der Waals surface area contributed by atoms with Crippen LogP contribution < -0.4 is 10.1 Å². The van der Waals surface area contributed by atoms with Crippen LogP contribution in [0.15, 0.2) is 36.5 Å². The summed E-state index contributed by atoms with van der Waals surface area (Å²) in [5.74, 6) is 1.33. The van der Waals surface area contributed by atoms with E-state index in [9.17, 15) is 5.11 Å². The van der Waals surface area contributed by atoms with E-state index in [2.05, 4.69) is 10.3 Å². The first-order chi connectivity index (χ1) is 8.74. The molecule has 0 saturated carbocycles. The van der Waals surface area contributed by atoms with Crippen LogP contribution in [-0.4, -0.2) is 23.4 Å². The first kappa shape index (κ1) is 11.9. The smallest absolute Gasteiger partial charge is 0.134 e. The van der Waals surface area contributed by atoms with E-state index < -0.39 is 0 Å². The fourth-order valence-corrected chi connectivity index (χ4v) is 1.57. The molecule has 0 spiro atoms. The normalized spacial score (nSPS) is 10.7. The Labute approximate surface area is 104 Å². The molecule has 0 aliphatic rings. The molecule has 0 fully saturated rings. The number of methoxy groups -OCH3 is 1. The second-order valence-corrected chi connectivity index (χ2v) is 3.58. The fourth-order valence-electron chi connectivity index (χ4n) is 1.57. The number of nitrogens with one attached hydrogen (secondary N) is 2. The molecule has 0 radical (unpaired) electrons. The van der Waals surface area contributed by atoms with Crippen LogP contribution in [0.2, 0.25) is 0 Å². The quantitative estimate of drug-likeness (QED) is 0.721. The molecule has 18 heavy (non-hydrogen) atoms. The van der Waals surface area contributed by atoms with E-state index >= 15 is 0 Å². The van der Waals surface area contributed by atoms with Crippen molar-refractivity contribution in [2.45, 2.75) is 0 Å². The molecule has 1 aromatic heterocycles. The summed E-state index contributed by atoms with van der Waals surface area (Å²) >= 11 is 0. The maximum absolute atomic E-state index is 9.88. The van der Waals surface area contributed by atoms with Crippen molar-refractivity contribution in [1.82, 2.24) is 4.98 Å². The van der Waals surface area contributed by atoms with Crippen LogP contribution in [0, 0.1) is 5.41 Å². The highest BCUT2D eigenvalue weighted by Gasteiger charge is 2.05. The van der Waals surface area contributed by atoms with Gasteiger partial charge in [0.25, 0.3) is 0 Å². The number of allylic oxidation sites excluding steroid dienone is 1. The molecule has 0 aliphatic heterocycles. The van der Waals surface area contributed by atoms with Crippen LogP contribution in [0.3, 0.4) is 0 Å². The number of anilines is 1. The molecule has 1 aromatic carbocycles. The van der Waals surface area contributed by atoms with Crippen LogP contribution in [0.4, 0.5) is 5.82 Å². The molecule has 3 N–H and O–H groups in total. The molecular weight excluding hydrogens is 230 g/mol. The molecule has 5 nitrogen and oxygen atoms in total. The van der Waals surface area contributed by atoms with Crippen molar-refractivity contribution in [2.75, 3.05) is 12.4 Å². The second kappa shape index (κ2) is 5.18. The lowest BCUT2D eigenvalue weighted by molar-refractivity contribution is 0.415. The topological polar surface area (TPSA) is 78.2 Å². The number of fused-ring (bicyclic) bond motifs is 1. The van der Waals surface area contributed by atoms with Crippen LogP contribution in [-0.2, 0) is 0 Å². The van der Waals surface area contributed by atoms with Gasteiger partial charge < -0.3 is 20.6 Å². The summed E-state index contributed by atoms with van der Waals surface area (Å²) in [5, 5.41) is 20.3. The van der Waals surface area contributed by atoms with Crippen LogP contribution in [0.25, 0.3) is 10.9 Å². The minimum absolute atomic E-state index is 0.147. The molecule has 2 rings (SSSR count). The summed E-state index contributed by atoms with van der Waals surface area (Å²) in [6, 6.07) is 6.81. The van der Waals surface area contributed by atoms with Gasteiger partial charge in [-0.3, -0.25) is 0 Å². The fraction of sp³-hybridized carbons (Fsp3) is 0.0769. The molecule has 5 heteroatoms. The zero-order valence-corrected chi connectivity index (χ0v) is 9.84. The van der Waals surface area contributed by atoms with Gasteiger partial charge in [0, 0.05) is 29.9 Å². The highest BCUT2D eigenvalue weighted by molar-refractivity contribution is 5.87. The van der Waals surface area contributed by atoms with Crippen LogP contribution in [0.1, 0.15) is 0 Å². The van der Waals surface area contributed by atoms with Crippen molar-refractivity contribution in [3.8, 4) is 11.5 Å². The molecule has 0 atom stereocenters. The Morgan fingerprint density at radius 1 is 1.39 bits per heavy atom. The Kier molecular flexibility index (Phi) is 3.43. The minimum Gasteiger partial charge on any atom is -0.507 e. The first-order valence-corrected chi connectivity index (χ1v) is 5.34. The van der Waals surface area contributed by atoms with Gasteiger partial charge in [-0.25, -0.2) is 4.98 Å². The second-order valence-electron chi connectivity index (χ2n) is 3.58. The molecule has 2 aromatic rings. The van der Waals surface area contributed by atoms with Crippen LogP contribution >= 0.6 is 0 Å². The Hall–Kier alpha value is -2.56. The summed E-state index contributed by atoms with van der Waals surface area (Å²) < 4.78 is 5.11. The molecule has 0 aliphatic carbocycles. The summed E-state index contributed by atoms with van der Waals surface area (Å²) in [6.45, 7) is 0. The lowest BCUT2D eigenvalue weighted by Gasteiger charge is -2.06. The van der Waals surface area contributed by atoms with Gasteiger partial charge in [-0.2, -0.15) is 0 Å². The zero-order valence-electron chi connectivity index (χ0n) is 9.84. The van der Waals surface area contributed by atoms with Gasteiger partial charge in [0.15, 0.2) is 0 Å². The zero-order chi connectivity index (χ0) is 13.0. The number of benzene rings is 1. The van der Waals surface area contributed by atoms with Gasteiger partial charge >= 0.3 is 0 Å².